The highest BCUT2D eigenvalue weighted by molar-refractivity contribution is 6.08. The second kappa shape index (κ2) is 6.96. The summed E-state index contributed by atoms with van der Waals surface area (Å²) in [6.07, 6.45) is -0.465. The Hall–Kier alpha value is -1.49. The van der Waals surface area contributed by atoms with Gasteiger partial charge in [-0.05, 0) is 24.6 Å². The van der Waals surface area contributed by atoms with Crippen LogP contribution in [0.25, 0.3) is 0 Å². The van der Waals surface area contributed by atoms with Crippen molar-refractivity contribution < 1.29 is 19.4 Å². The number of hydrogen-bond acceptors (Lipinski definition) is 4. The van der Waals surface area contributed by atoms with Gasteiger partial charge in [-0.15, -0.1) is 0 Å². The van der Waals surface area contributed by atoms with Crippen LogP contribution in [0, 0.1) is 0 Å². The molecule has 0 heterocycles. The number of esters is 1. The van der Waals surface area contributed by atoms with Crippen LogP contribution < -0.4 is 0 Å². The molecule has 5 heteroatoms. The molecule has 0 fully saturated rings. The van der Waals surface area contributed by atoms with E-state index in [0.717, 1.165) is 0 Å². The third-order valence-electron chi connectivity index (χ3n) is 2.10. The number of hydrogen-bond donors (Lipinski definition) is 1. The number of phenolic OH excluding ortho intramolecular Hbond substituents is 1. The van der Waals surface area contributed by atoms with Crippen LogP contribution in [-0.2, 0) is 14.3 Å². The Kier molecular flexibility index (Phi) is 5.56. The van der Waals surface area contributed by atoms with E-state index in [2.05, 4.69) is 0 Å². The van der Waals surface area contributed by atoms with Gasteiger partial charge in [0.15, 0.2) is 6.10 Å². The van der Waals surface area contributed by atoms with Gasteiger partial charge in [-0.25, -0.2) is 4.79 Å². The predicted octanol–water partition coefficient (Wildman–Crippen LogP) is 1.60. The molecule has 0 bridgehead atoms. The monoisotopic (exact) mass is 234 g/mol. The van der Waals surface area contributed by atoms with E-state index in [0.29, 0.717) is 18.5 Å². The number of ether oxygens (including phenoxy) is 2. The van der Waals surface area contributed by atoms with Gasteiger partial charge in [-0.1, -0.05) is 18.5 Å². The molecule has 0 aliphatic heterocycles. The first kappa shape index (κ1) is 13.6. The summed E-state index contributed by atoms with van der Waals surface area (Å²) in [7, 11) is 5.34. The molecule has 1 atom stereocenters. The normalized spacial score (nSPS) is 12.1. The summed E-state index contributed by atoms with van der Waals surface area (Å²) in [6, 6.07) is 6.22. The molecule has 0 saturated heterocycles. The molecule has 1 N–H and O–H groups in total. The Bertz CT molecular complexity index is 350. The summed E-state index contributed by atoms with van der Waals surface area (Å²) in [4.78, 5) is 11.7. The molecule has 0 aromatic heterocycles. The third-order valence-corrected chi connectivity index (χ3v) is 2.10. The minimum absolute atomic E-state index is 0.134. The van der Waals surface area contributed by atoms with Crippen molar-refractivity contribution in [2.45, 2.75) is 19.3 Å². The maximum atomic E-state index is 11.7. The first-order valence-electron chi connectivity index (χ1n) is 5.46. The first-order valence-corrected chi connectivity index (χ1v) is 5.46. The minimum Gasteiger partial charge on any atom is -0.508 e. The fourth-order valence-electron chi connectivity index (χ4n) is 1.35. The lowest BCUT2D eigenvalue weighted by Gasteiger charge is -2.16. The van der Waals surface area contributed by atoms with Crippen LogP contribution in [-0.4, -0.2) is 32.1 Å². The number of benzene rings is 1. The molecule has 17 heavy (non-hydrogen) atoms. The van der Waals surface area contributed by atoms with Gasteiger partial charge >= 0.3 is 5.97 Å². The molecular weight excluding hydrogens is 219 g/mol. The number of phenols is 1. The highest BCUT2D eigenvalue weighted by atomic mass is 16.6. The third kappa shape index (κ3) is 4.11. The molecule has 90 valence electrons. The quantitative estimate of drug-likeness (QED) is 0.599. The number of carbonyl (C=O) groups excluding carboxylic acids is 1. The number of rotatable bonds is 6. The van der Waals surface area contributed by atoms with Crippen LogP contribution >= 0.6 is 0 Å². The van der Waals surface area contributed by atoms with Gasteiger partial charge in [-0.2, -0.15) is 0 Å². The lowest BCUT2D eigenvalue weighted by molar-refractivity contribution is -0.157. The van der Waals surface area contributed by atoms with Crippen LogP contribution in [0.3, 0.4) is 0 Å². The van der Waals surface area contributed by atoms with Gasteiger partial charge < -0.3 is 14.6 Å². The summed E-state index contributed by atoms with van der Waals surface area (Å²) in [5, 5.41) is 9.18. The van der Waals surface area contributed by atoms with Crippen LogP contribution in [0.4, 0.5) is 0 Å². The molecule has 2 radical (unpaired) electrons. The van der Waals surface area contributed by atoms with Crippen molar-refractivity contribution in [1.29, 1.82) is 0 Å². The Balaban J connectivity index is 2.81. The Morgan fingerprint density at radius 3 is 2.59 bits per heavy atom. The average molecular weight is 234 g/mol. The standard InChI is InChI=1S/C12H15BO4/c1-2-16-12(15)11(17-8-7-13)9-3-5-10(14)6-4-9/h3-6,11,14H,2,7-8H2,1H3. The van der Waals surface area contributed by atoms with Crippen molar-refractivity contribution in [3.05, 3.63) is 29.8 Å². The van der Waals surface area contributed by atoms with E-state index < -0.39 is 12.1 Å². The molecule has 4 nitrogen and oxygen atoms in total. The topological polar surface area (TPSA) is 55.8 Å². The van der Waals surface area contributed by atoms with Gasteiger partial charge in [0, 0.05) is 6.61 Å². The van der Waals surface area contributed by atoms with Crippen LogP contribution in [0.15, 0.2) is 24.3 Å². The summed E-state index contributed by atoms with van der Waals surface area (Å²) < 4.78 is 10.3. The Labute approximate surface area is 102 Å². The lowest BCUT2D eigenvalue weighted by Crippen LogP contribution is -2.19. The molecule has 0 amide bonds. The smallest absolute Gasteiger partial charge is 0.339 e. The van der Waals surface area contributed by atoms with E-state index in [1.54, 1.807) is 19.1 Å². The predicted molar refractivity (Wildman–Crippen MR) is 64.0 cm³/mol. The maximum absolute atomic E-state index is 11.7. The van der Waals surface area contributed by atoms with E-state index in [9.17, 15) is 9.90 Å². The van der Waals surface area contributed by atoms with E-state index in [1.807, 2.05) is 0 Å². The van der Waals surface area contributed by atoms with Crippen molar-refractivity contribution in [3.63, 3.8) is 0 Å². The second-order valence-electron chi connectivity index (χ2n) is 3.38. The second-order valence-corrected chi connectivity index (χ2v) is 3.38. The Morgan fingerprint density at radius 1 is 1.41 bits per heavy atom. The molecular formula is C12H15BO4. The van der Waals surface area contributed by atoms with Gasteiger partial charge in [0.1, 0.15) is 5.75 Å². The van der Waals surface area contributed by atoms with Crippen LogP contribution in [0.2, 0.25) is 6.32 Å². The van der Waals surface area contributed by atoms with E-state index >= 15 is 0 Å². The highest BCUT2D eigenvalue weighted by Gasteiger charge is 2.22. The largest absolute Gasteiger partial charge is 0.508 e. The van der Waals surface area contributed by atoms with E-state index in [1.165, 1.54) is 12.1 Å². The number of carbonyl (C=O) groups is 1. The van der Waals surface area contributed by atoms with Crippen molar-refractivity contribution in [1.82, 2.24) is 0 Å². The zero-order valence-corrected chi connectivity index (χ0v) is 9.76. The van der Waals surface area contributed by atoms with Gasteiger partial charge in [0.05, 0.1) is 14.5 Å². The Morgan fingerprint density at radius 2 is 2.06 bits per heavy atom. The lowest BCUT2D eigenvalue weighted by atomic mass is 10.1. The van der Waals surface area contributed by atoms with E-state index in [-0.39, 0.29) is 12.4 Å². The molecule has 0 saturated carbocycles. The zero-order valence-electron chi connectivity index (χ0n) is 9.76. The fourth-order valence-corrected chi connectivity index (χ4v) is 1.35. The van der Waals surface area contributed by atoms with Gasteiger partial charge in [0.25, 0.3) is 0 Å². The summed E-state index contributed by atoms with van der Waals surface area (Å²) in [6.45, 7) is 2.29. The van der Waals surface area contributed by atoms with Crippen molar-refractivity contribution in [3.8, 4) is 5.75 Å². The fraction of sp³-hybridized carbons (Fsp3) is 0.417. The SMILES string of the molecule is [B]CCOC(C(=O)OCC)c1ccc(O)cc1. The first-order chi connectivity index (χ1) is 8.19. The number of aromatic hydroxyl groups is 1. The molecule has 0 spiro atoms. The molecule has 0 aliphatic carbocycles. The minimum atomic E-state index is -0.793. The highest BCUT2D eigenvalue weighted by Crippen LogP contribution is 2.21. The summed E-state index contributed by atoms with van der Waals surface area (Å²) in [5.41, 5.74) is 0.634. The summed E-state index contributed by atoms with van der Waals surface area (Å²) in [5.74, 6) is -0.318. The zero-order chi connectivity index (χ0) is 12.7. The van der Waals surface area contributed by atoms with E-state index in [4.69, 9.17) is 17.3 Å². The summed E-state index contributed by atoms with van der Waals surface area (Å²) >= 11 is 0. The van der Waals surface area contributed by atoms with Crippen LogP contribution in [0.1, 0.15) is 18.6 Å². The molecule has 1 rings (SSSR count). The molecule has 1 aromatic rings. The maximum Gasteiger partial charge on any atom is 0.339 e. The molecule has 0 aliphatic rings. The van der Waals surface area contributed by atoms with Gasteiger partial charge in [-0.3, -0.25) is 0 Å². The van der Waals surface area contributed by atoms with Gasteiger partial charge in [0.2, 0.25) is 0 Å². The molecule has 1 unspecified atom stereocenters. The average Bonchev–Trinajstić information content (AvgIpc) is 2.32. The van der Waals surface area contributed by atoms with Crippen molar-refractivity contribution in [2.75, 3.05) is 13.2 Å². The molecule has 1 aromatic carbocycles. The van der Waals surface area contributed by atoms with Crippen LogP contribution in [0.5, 0.6) is 5.75 Å². The van der Waals surface area contributed by atoms with Crippen molar-refractivity contribution >= 4 is 13.8 Å². The van der Waals surface area contributed by atoms with Crippen molar-refractivity contribution in [2.24, 2.45) is 0 Å².